The molecule has 0 saturated heterocycles. The molecule has 0 N–H and O–H groups in total. The number of aromatic nitrogens is 4. The van der Waals surface area contributed by atoms with Crippen molar-refractivity contribution in [1.29, 1.82) is 0 Å². The number of fused-ring (bicyclic) bond motifs is 1. The van der Waals surface area contributed by atoms with E-state index in [0.717, 1.165) is 11.1 Å². The lowest BCUT2D eigenvalue weighted by Crippen LogP contribution is -2.39. The minimum absolute atomic E-state index is 0.135. The molecule has 28 heavy (non-hydrogen) atoms. The molecule has 0 amide bonds. The molecule has 2 aromatic carbocycles. The van der Waals surface area contributed by atoms with Crippen molar-refractivity contribution in [3.05, 3.63) is 106 Å². The van der Waals surface area contributed by atoms with Crippen LogP contribution in [-0.4, -0.2) is 18.7 Å². The number of rotatable bonds is 5. The van der Waals surface area contributed by atoms with Crippen LogP contribution in [0, 0.1) is 6.92 Å². The molecule has 0 spiro atoms. The summed E-state index contributed by atoms with van der Waals surface area (Å²) in [6.45, 7) is 6.29. The van der Waals surface area contributed by atoms with Crippen molar-refractivity contribution in [3.8, 4) is 5.69 Å². The normalized spacial score (nSPS) is 11.0. The van der Waals surface area contributed by atoms with Crippen molar-refractivity contribution in [2.75, 3.05) is 0 Å². The zero-order chi connectivity index (χ0) is 19.7. The Morgan fingerprint density at radius 3 is 2.43 bits per heavy atom. The van der Waals surface area contributed by atoms with E-state index in [0.29, 0.717) is 23.4 Å². The first-order valence-electron chi connectivity index (χ1n) is 9.02. The maximum atomic E-state index is 13.1. The smallest absolute Gasteiger partial charge is 0.320 e. The Morgan fingerprint density at radius 2 is 1.75 bits per heavy atom. The highest BCUT2D eigenvalue weighted by molar-refractivity contribution is 5.72. The number of hydrogen-bond donors (Lipinski definition) is 0. The lowest BCUT2D eigenvalue weighted by molar-refractivity contribution is 0.690. The van der Waals surface area contributed by atoms with Gasteiger partial charge in [-0.1, -0.05) is 54.1 Å². The number of hydrogen-bond acceptors (Lipinski definition) is 3. The van der Waals surface area contributed by atoms with Crippen LogP contribution >= 0.6 is 0 Å². The zero-order valence-corrected chi connectivity index (χ0v) is 15.6. The summed E-state index contributed by atoms with van der Waals surface area (Å²) in [7, 11) is 0. The van der Waals surface area contributed by atoms with E-state index in [9.17, 15) is 9.59 Å². The fourth-order valence-electron chi connectivity index (χ4n) is 3.30. The summed E-state index contributed by atoms with van der Waals surface area (Å²) in [6, 6.07) is 17.4. The van der Waals surface area contributed by atoms with Gasteiger partial charge in [-0.25, -0.2) is 14.3 Å². The summed E-state index contributed by atoms with van der Waals surface area (Å²) in [6.07, 6.45) is 3.16. The van der Waals surface area contributed by atoms with Gasteiger partial charge in [0.05, 0.1) is 12.0 Å². The van der Waals surface area contributed by atoms with Crippen LogP contribution in [0.2, 0.25) is 0 Å². The molecule has 2 heterocycles. The SMILES string of the molecule is C=CCn1c(=O)c2c(ncn2Cc2ccccc2)n(-c2ccc(C)cc2)c1=O. The Bertz CT molecular complexity index is 1260. The molecule has 4 aromatic rings. The molecule has 0 aliphatic carbocycles. The van der Waals surface area contributed by atoms with Crippen molar-refractivity contribution in [2.45, 2.75) is 20.0 Å². The van der Waals surface area contributed by atoms with Gasteiger partial charge in [0, 0.05) is 13.1 Å². The Labute approximate surface area is 161 Å². The van der Waals surface area contributed by atoms with Gasteiger partial charge < -0.3 is 4.57 Å². The van der Waals surface area contributed by atoms with Crippen molar-refractivity contribution in [2.24, 2.45) is 0 Å². The molecule has 0 aliphatic heterocycles. The Balaban J connectivity index is 2.01. The lowest BCUT2D eigenvalue weighted by Gasteiger charge is -2.12. The van der Waals surface area contributed by atoms with Gasteiger partial charge in [-0.15, -0.1) is 6.58 Å². The van der Waals surface area contributed by atoms with E-state index in [4.69, 9.17) is 0 Å². The largest absolute Gasteiger partial charge is 0.337 e. The average Bonchev–Trinajstić information content (AvgIpc) is 3.11. The summed E-state index contributed by atoms with van der Waals surface area (Å²) in [4.78, 5) is 30.6. The number of benzene rings is 2. The summed E-state index contributed by atoms with van der Waals surface area (Å²) in [5.41, 5.74) is 2.76. The third-order valence-electron chi connectivity index (χ3n) is 4.70. The quantitative estimate of drug-likeness (QED) is 0.506. The Hall–Kier alpha value is -3.67. The average molecular weight is 372 g/mol. The third kappa shape index (κ3) is 2.99. The summed E-state index contributed by atoms with van der Waals surface area (Å²) in [5, 5.41) is 0. The maximum absolute atomic E-state index is 13.1. The fraction of sp³-hybridized carbons (Fsp3) is 0.136. The summed E-state index contributed by atoms with van der Waals surface area (Å²) < 4.78 is 4.47. The van der Waals surface area contributed by atoms with Gasteiger partial charge in [0.2, 0.25) is 0 Å². The highest BCUT2D eigenvalue weighted by atomic mass is 16.2. The predicted octanol–water partition coefficient (Wildman–Crippen LogP) is 2.89. The van der Waals surface area contributed by atoms with Crippen LogP contribution in [0.4, 0.5) is 0 Å². The van der Waals surface area contributed by atoms with Gasteiger partial charge in [0.25, 0.3) is 5.56 Å². The minimum Gasteiger partial charge on any atom is -0.320 e. The molecule has 140 valence electrons. The molecule has 0 bridgehead atoms. The molecule has 6 nitrogen and oxygen atoms in total. The fourth-order valence-corrected chi connectivity index (χ4v) is 3.30. The molecular weight excluding hydrogens is 352 g/mol. The monoisotopic (exact) mass is 372 g/mol. The van der Waals surface area contributed by atoms with Crippen molar-refractivity contribution in [1.82, 2.24) is 18.7 Å². The molecule has 0 saturated carbocycles. The topological polar surface area (TPSA) is 61.8 Å². The molecule has 2 aromatic heterocycles. The van der Waals surface area contributed by atoms with Crippen molar-refractivity contribution >= 4 is 11.2 Å². The second kappa shape index (κ2) is 7.15. The highest BCUT2D eigenvalue weighted by Crippen LogP contribution is 2.15. The van der Waals surface area contributed by atoms with Gasteiger partial charge in [-0.3, -0.25) is 9.36 Å². The van der Waals surface area contributed by atoms with E-state index < -0.39 is 5.69 Å². The van der Waals surface area contributed by atoms with Crippen LogP contribution in [0.25, 0.3) is 16.9 Å². The summed E-state index contributed by atoms with van der Waals surface area (Å²) in [5.74, 6) is 0. The van der Waals surface area contributed by atoms with E-state index in [2.05, 4.69) is 11.6 Å². The van der Waals surface area contributed by atoms with Crippen LogP contribution in [-0.2, 0) is 13.1 Å². The Morgan fingerprint density at radius 1 is 1.04 bits per heavy atom. The van der Waals surface area contributed by atoms with Crippen LogP contribution in [0.5, 0.6) is 0 Å². The van der Waals surface area contributed by atoms with Crippen LogP contribution < -0.4 is 11.2 Å². The van der Waals surface area contributed by atoms with Gasteiger partial charge >= 0.3 is 5.69 Å². The molecule has 0 aliphatic rings. The van der Waals surface area contributed by atoms with E-state index in [1.165, 1.54) is 9.13 Å². The maximum Gasteiger partial charge on any atom is 0.337 e. The van der Waals surface area contributed by atoms with Crippen molar-refractivity contribution in [3.63, 3.8) is 0 Å². The molecule has 0 unspecified atom stereocenters. The van der Waals surface area contributed by atoms with E-state index in [-0.39, 0.29) is 12.1 Å². The van der Waals surface area contributed by atoms with Gasteiger partial charge in [0.1, 0.15) is 0 Å². The van der Waals surface area contributed by atoms with Crippen LogP contribution in [0.15, 0.2) is 83.2 Å². The number of imidazole rings is 1. The molecular formula is C22H20N4O2. The number of allylic oxidation sites excluding steroid dienone is 1. The highest BCUT2D eigenvalue weighted by Gasteiger charge is 2.18. The first-order valence-corrected chi connectivity index (χ1v) is 9.02. The van der Waals surface area contributed by atoms with Crippen LogP contribution in [0.1, 0.15) is 11.1 Å². The predicted molar refractivity (Wildman–Crippen MR) is 110 cm³/mol. The standard InChI is InChI=1S/C22H20N4O2/c1-3-13-25-21(27)19-20(23-15-24(19)14-17-7-5-4-6-8-17)26(22(25)28)18-11-9-16(2)10-12-18/h3-12,15H,1,13-14H2,2H3. The van der Waals surface area contributed by atoms with E-state index in [1.54, 1.807) is 17.0 Å². The molecule has 4 rings (SSSR count). The first-order chi connectivity index (χ1) is 13.6. The van der Waals surface area contributed by atoms with Crippen molar-refractivity contribution < 1.29 is 0 Å². The number of nitrogens with zero attached hydrogens (tertiary/aromatic N) is 4. The second-order valence-electron chi connectivity index (χ2n) is 6.69. The molecule has 0 radical (unpaired) electrons. The lowest BCUT2D eigenvalue weighted by atomic mass is 10.2. The minimum atomic E-state index is -0.425. The third-order valence-corrected chi connectivity index (χ3v) is 4.70. The zero-order valence-electron chi connectivity index (χ0n) is 15.6. The Kier molecular flexibility index (Phi) is 4.53. The van der Waals surface area contributed by atoms with Gasteiger partial charge in [-0.2, -0.15) is 0 Å². The molecule has 0 fully saturated rings. The first kappa shape index (κ1) is 17.7. The van der Waals surface area contributed by atoms with Gasteiger partial charge in [0.15, 0.2) is 11.2 Å². The van der Waals surface area contributed by atoms with Crippen LogP contribution in [0.3, 0.4) is 0 Å². The summed E-state index contributed by atoms with van der Waals surface area (Å²) >= 11 is 0. The molecule has 6 heteroatoms. The van der Waals surface area contributed by atoms with Gasteiger partial charge in [-0.05, 0) is 24.6 Å². The van der Waals surface area contributed by atoms with E-state index in [1.807, 2.05) is 61.5 Å². The number of aryl methyl sites for hydroxylation is 1. The second-order valence-corrected chi connectivity index (χ2v) is 6.69. The molecule has 0 atom stereocenters. The van der Waals surface area contributed by atoms with E-state index >= 15 is 0 Å².